The molecule has 0 bridgehead atoms. The zero-order chi connectivity index (χ0) is 18.1. The molecule has 0 radical (unpaired) electrons. The fourth-order valence-corrected chi connectivity index (χ4v) is 3.56. The van der Waals surface area contributed by atoms with Gasteiger partial charge in [-0.1, -0.05) is 28.9 Å². The van der Waals surface area contributed by atoms with Gasteiger partial charge in [-0.25, -0.2) is 4.79 Å². The minimum Gasteiger partial charge on any atom is -0.478 e. The van der Waals surface area contributed by atoms with Crippen molar-refractivity contribution in [3.05, 3.63) is 57.2 Å². The van der Waals surface area contributed by atoms with Crippen LogP contribution in [0.25, 0.3) is 11.1 Å². The number of hydrogen-bond acceptors (Lipinski definition) is 5. The number of nitrogens with one attached hydrogen (secondary N) is 1. The van der Waals surface area contributed by atoms with Gasteiger partial charge in [0.05, 0.1) is 5.69 Å². The molecule has 8 heteroatoms. The van der Waals surface area contributed by atoms with Crippen LogP contribution in [0.1, 0.15) is 32.2 Å². The van der Waals surface area contributed by atoms with E-state index < -0.39 is 11.9 Å². The second-order valence-electron chi connectivity index (χ2n) is 5.32. The minimum absolute atomic E-state index is 0.0347. The number of carboxylic acids is 1. The number of nitrogens with zero attached hydrogens (tertiary/aromatic N) is 1. The molecule has 0 spiro atoms. The summed E-state index contributed by atoms with van der Waals surface area (Å²) in [4.78, 5) is 24.2. The molecule has 3 aromatic rings. The van der Waals surface area contributed by atoms with Gasteiger partial charge in [0.25, 0.3) is 5.91 Å². The van der Waals surface area contributed by atoms with Gasteiger partial charge in [0.15, 0.2) is 0 Å². The largest absolute Gasteiger partial charge is 0.478 e. The minimum atomic E-state index is -1.12. The highest BCUT2D eigenvalue weighted by Crippen LogP contribution is 2.36. The molecule has 0 saturated carbocycles. The Morgan fingerprint density at radius 3 is 2.44 bits per heavy atom. The summed E-state index contributed by atoms with van der Waals surface area (Å²) in [5.74, 6) is -1.20. The fraction of sp³-hybridized carbons (Fsp3) is 0.118. The number of carboxylic acid groups (broad SMARTS) is 1. The predicted molar refractivity (Wildman–Crippen MR) is 95.7 cm³/mol. The van der Waals surface area contributed by atoms with Crippen molar-refractivity contribution in [3.63, 3.8) is 0 Å². The normalized spacial score (nSPS) is 10.7. The highest BCUT2D eigenvalue weighted by Gasteiger charge is 2.24. The molecular weight excluding hydrogens is 364 g/mol. The van der Waals surface area contributed by atoms with E-state index >= 15 is 0 Å². The number of carbonyl (C=O) groups is 2. The number of hydrogen-bond donors (Lipinski definition) is 2. The molecule has 1 amide bonds. The van der Waals surface area contributed by atoms with E-state index in [4.69, 9.17) is 16.1 Å². The summed E-state index contributed by atoms with van der Waals surface area (Å²) in [6.45, 7) is 3.28. The molecule has 2 heterocycles. The zero-order valence-electron chi connectivity index (χ0n) is 13.3. The van der Waals surface area contributed by atoms with Crippen molar-refractivity contribution in [2.24, 2.45) is 0 Å². The number of aromatic nitrogens is 1. The molecule has 0 aliphatic heterocycles. The number of aromatic carboxylic acids is 1. The number of aryl methyl sites for hydroxylation is 2. The van der Waals surface area contributed by atoms with Crippen LogP contribution in [0.3, 0.4) is 0 Å². The third-order valence-corrected chi connectivity index (χ3v) is 4.80. The third-order valence-electron chi connectivity index (χ3n) is 3.65. The van der Waals surface area contributed by atoms with Crippen molar-refractivity contribution in [1.29, 1.82) is 0 Å². The molecule has 6 nitrogen and oxygen atoms in total. The summed E-state index contributed by atoms with van der Waals surface area (Å²) >= 11 is 7.02. The van der Waals surface area contributed by atoms with E-state index in [1.807, 2.05) is 0 Å². The van der Waals surface area contributed by atoms with Crippen LogP contribution in [0.5, 0.6) is 0 Å². The molecule has 0 aliphatic carbocycles. The van der Waals surface area contributed by atoms with E-state index in [9.17, 15) is 14.7 Å². The van der Waals surface area contributed by atoms with Crippen LogP contribution in [0.2, 0.25) is 5.02 Å². The molecular formula is C17H13ClN2O4S. The highest BCUT2D eigenvalue weighted by molar-refractivity contribution is 7.15. The van der Waals surface area contributed by atoms with E-state index in [0.29, 0.717) is 33.2 Å². The van der Waals surface area contributed by atoms with E-state index in [-0.39, 0.29) is 10.6 Å². The fourth-order valence-electron chi connectivity index (χ4n) is 2.48. The van der Waals surface area contributed by atoms with Crippen molar-refractivity contribution >= 4 is 39.8 Å². The third kappa shape index (κ3) is 3.29. The van der Waals surface area contributed by atoms with Gasteiger partial charge in [0.2, 0.25) is 0 Å². The maximum Gasteiger partial charge on any atom is 0.339 e. The number of amides is 1. The molecule has 0 atom stereocenters. The van der Waals surface area contributed by atoms with Gasteiger partial charge < -0.3 is 14.9 Å². The first-order valence-corrected chi connectivity index (χ1v) is 8.49. The lowest BCUT2D eigenvalue weighted by atomic mass is 10.0. The van der Waals surface area contributed by atoms with E-state index in [0.717, 1.165) is 11.3 Å². The Labute approximate surface area is 152 Å². The summed E-state index contributed by atoms with van der Waals surface area (Å²) in [5.41, 5.74) is 2.01. The lowest BCUT2D eigenvalue weighted by molar-refractivity contribution is 0.0699. The van der Waals surface area contributed by atoms with E-state index in [1.54, 1.807) is 43.5 Å². The maximum atomic E-state index is 12.5. The second-order valence-corrected chi connectivity index (χ2v) is 6.63. The summed E-state index contributed by atoms with van der Waals surface area (Å²) in [6, 6.07) is 6.83. The van der Waals surface area contributed by atoms with Gasteiger partial charge in [0.1, 0.15) is 21.9 Å². The number of thiophene rings is 1. The van der Waals surface area contributed by atoms with Crippen LogP contribution in [0, 0.1) is 13.8 Å². The molecule has 3 rings (SSSR count). The Bertz CT molecular complexity index is 940. The first-order chi connectivity index (χ1) is 11.9. The van der Waals surface area contributed by atoms with Crippen molar-refractivity contribution < 1.29 is 19.2 Å². The quantitative estimate of drug-likeness (QED) is 0.692. The standard InChI is InChI=1S/C17H13ClN2O4S/c1-8-13(9(2)24-20-8)15(21)19-16-14(17(22)23)12(7-25-16)10-3-5-11(18)6-4-10/h3-7H,1-2H3,(H,19,21)(H,22,23). The number of halogens is 1. The lowest BCUT2D eigenvalue weighted by Crippen LogP contribution is -2.15. The van der Waals surface area contributed by atoms with Crippen LogP contribution in [0.4, 0.5) is 5.00 Å². The Balaban J connectivity index is 1.99. The molecule has 128 valence electrons. The average molecular weight is 377 g/mol. The first-order valence-electron chi connectivity index (χ1n) is 7.23. The Morgan fingerprint density at radius 2 is 1.88 bits per heavy atom. The number of benzene rings is 1. The zero-order valence-corrected chi connectivity index (χ0v) is 14.9. The molecule has 0 aliphatic rings. The summed E-state index contributed by atoms with van der Waals surface area (Å²) < 4.78 is 4.98. The molecule has 2 N–H and O–H groups in total. The van der Waals surface area contributed by atoms with Crippen molar-refractivity contribution in [3.8, 4) is 11.1 Å². The Hall–Kier alpha value is -2.64. The number of rotatable bonds is 4. The van der Waals surface area contributed by atoms with Gasteiger partial charge in [-0.3, -0.25) is 4.79 Å². The van der Waals surface area contributed by atoms with Crippen molar-refractivity contribution in [2.45, 2.75) is 13.8 Å². The molecule has 25 heavy (non-hydrogen) atoms. The van der Waals surface area contributed by atoms with Gasteiger partial charge in [-0.15, -0.1) is 11.3 Å². The lowest BCUT2D eigenvalue weighted by Gasteiger charge is -2.06. The van der Waals surface area contributed by atoms with Gasteiger partial charge >= 0.3 is 5.97 Å². The predicted octanol–water partition coefficient (Wildman–Crippen LogP) is 4.62. The molecule has 0 fully saturated rings. The molecule has 0 unspecified atom stereocenters. The Morgan fingerprint density at radius 1 is 1.20 bits per heavy atom. The number of carbonyl (C=O) groups excluding carboxylic acids is 1. The molecule has 0 saturated heterocycles. The van der Waals surface area contributed by atoms with Crippen LogP contribution in [0.15, 0.2) is 34.2 Å². The van der Waals surface area contributed by atoms with E-state index in [2.05, 4.69) is 10.5 Å². The monoisotopic (exact) mass is 376 g/mol. The highest BCUT2D eigenvalue weighted by atomic mass is 35.5. The van der Waals surface area contributed by atoms with Gasteiger partial charge in [-0.2, -0.15) is 0 Å². The molecule has 1 aromatic carbocycles. The van der Waals surface area contributed by atoms with Crippen molar-refractivity contribution in [1.82, 2.24) is 5.16 Å². The SMILES string of the molecule is Cc1noc(C)c1C(=O)Nc1scc(-c2ccc(Cl)cc2)c1C(=O)O. The van der Waals surface area contributed by atoms with Gasteiger partial charge in [-0.05, 0) is 31.5 Å². The summed E-state index contributed by atoms with van der Waals surface area (Å²) in [6.07, 6.45) is 0. The molecule has 2 aromatic heterocycles. The summed E-state index contributed by atoms with van der Waals surface area (Å²) in [5, 5.41) is 18.5. The maximum absolute atomic E-state index is 12.5. The van der Waals surface area contributed by atoms with Crippen LogP contribution < -0.4 is 5.32 Å². The van der Waals surface area contributed by atoms with Gasteiger partial charge in [0, 0.05) is 16.0 Å². The topological polar surface area (TPSA) is 92.4 Å². The smallest absolute Gasteiger partial charge is 0.339 e. The summed E-state index contributed by atoms with van der Waals surface area (Å²) in [7, 11) is 0. The first kappa shape index (κ1) is 17.2. The van der Waals surface area contributed by atoms with Crippen LogP contribution in [-0.2, 0) is 0 Å². The Kier molecular flexibility index (Phi) is 4.61. The van der Waals surface area contributed by atoms with E-state index in [1.165, 1.54) is 0 Å². The second kappa shape index (κ2) is 6.70. The average Bonchev–Trinajstić information content (AvgIpc) is 3.11. The van der Waals surface area contributed by atoms with Crippen molar-refractivity contribution in [2.75, 3.05) is 5.32 Å². The number of anilines is 1. The van der Waals surface area contributed by atoms with Crippen LogP contribution >= 0.6 is 22.9 Å². The van der Waals surface area contributed by atoms with Crippen LogP contribution in [-0.4, -0.2) is 22.1 Å².